The van der Waals surface area contributed by atoms with Crippen LogP contribution in [0.25, 0.3) is 0 Å². The first-order valence-electron chi connectivity index (χ1n) is 10.0. The first-order valence-corrected chi connectivity index (χ1v) is 10.8. The van der Waals surface area contributed by atoms with Crippen LogP contribution in [-0.4, -0.2) is 22.4 Å². The number of fused-ring (bicyclic) bond motifs is 4. The smallest absolute Gasteiger partial charge is 0.269 e. The van der Waals surface area contributed by atoms with Crippen LogP contribution in [0.2, 0.25) is 0 Å². The molecule has 9 heteroatoms. The third kappa shape index (κ3) is 3.08. The molecule has 0 fully saturated rings. The van der Waals surface area contributed by atoms with Crippen molar-refractivity contribution in [3.05, 3.63) is 91.9 Å². The second-order valence-corrected chi connectivity index (χ2v) is 8.63. The monoisotopic (exact) mass is 493 g/mol. The van der Waals surface area contributed by atoms with Gasteiger partial charge in [-0.1, -0.05) is 28.1 Å². The van der Waals surface area contributed by atoms with Crippen molar-refractivity contribution in [3.63, 3.8) is 0 Å². The number of nitro groups is 1. The van der Waals surface area contributed by atoms with Crippen molar-refractivity contribution >= 4 is 27.3 Å². The Bertz CT molecular complexity index is 1290. The number of nitro benzene ring substituents is 1. The van der Waals surface area contributed by atoms with E-state index in [9.17, 15) is 10.1 Å². The van der Waals surface area contributed by atoms with Crippen molar-refractivity contribution in [3.8, 4) is 17.2 Å². The van der Waals surface area contributed by atoms with E-state index in [0.29, 0.717) is 17.7 Å². The minimum atomic E-state index is -0.583. The zero-order valence-electron chi connectivity index (χ0n) is 16.6. The summed E-state index contributed by atoms with van der Waals surface area (Å²) in [5.74, 6) is 2.16. The van der Waals surface area contributed by atoms with Crippen LogP contribution in [0.3, 0.4) is 0 Å². The highest BCUT2D eigenvalue weighted by atomic mass is 79.9. The number of halogens is 1. The maximum Gasteiger partial charge on any atom is 0.269 e. The molecule has 0 aliphatic carbocycles. The van der Waals surface area contributed by atoms with Crippen LogP contribution >= 0.6 is 15.9 Å². The highest BCUT2D eigenvalue weighted by Crippen LogP contribution is 2.48. The number of hydrazone groups is 1. The van der Waals surface area contributed by atoms with Crippen molar-refractivity contribution in [2.75, 3.05) is 6.79 Å². The molecule has 3 aliphatic rings. The molecule has 3 aromatic carbocycles. The van der Waals surface area contributed by atoms with Gasteiger partial charge < -0.3 is 14.2 Å². The van der Waals surface area contributed by atoms with Crippen LogP contribution in [0.1, 0.15) is 35.4 Å². The molecule has 0 saturated carbocycles. The summed E-state index contributed by atoms with van der Waals surface area (Å²) in [6.07, 6.45) is 0.0813. The summed E-state index contributed by atoms with van der Waals surface area (Å²) in [5.41, 5.74) is 3.54. The first-order chi connectivity index (χ1) is 15.6. The second-order valence-electron chi connectivity index (χ2n) is 7.72. The molecule has 0 N–H and O–H groups in total. The average molecular weight is 494 g/mol. The number of ether oxygens (including phenoxy) is 3. The van der Waals surface area contributed by atoms with Gasteiger partial charge in [-0.3, -0.25) is 10.1 Å². The molecule has 0 spiro atoms. The molecule has 0 unspecified atom stereocenters. The molecular weight excluding hydrogens is 478 g/mol. The van der Waals surface area contributed by atoms with Gasteiger partial charge >= 0.3 is 0 Å². The molecule has 0 radical (unpaired) electrons. The van der Waals surface area contributed by atoms with Gasteiger partial charge in [-0.05, 0) is 36.4 Å². The van der Waals surface area contributed by atoms with Gasteiger partial charge in [0.15, 0.2) is 11.5 Å². The fraction of sp³-hybridized carbons (Fsp3) is 0.174. The van der Waals surface area contributed by atoms with Gasteiger partial charge in [0.1, 0.15) is 5.75 Å². The van der Waals surface area contributed by atoms with E-state index < -0.39 is 11.2 Å². The Morgan fingerprint density at radius 1 is 1.03 bits per heavy atom. The van der Waals surface area contributed by atoms with E-state index in [-0.39, 0.29) is 18.5 Å². The lowest BCUT2D eigenvalue weighted by atomic mass is 9.95. The van der Waals surface area contributed by atoms with E-state index in [1.165, 1.54) is 6.07 Å². The SMILES string of the molecule is O=[N+]([O-])c1cccc([C@@H]2Oc3ccc(Br)cc3[C@@H]3CC(c4ccc5c(c4)OCO5)=NN32)c1. The van der Waals surface area contributed by atoms with E-state index in [1.54, 1.807) is 12.1 Å². The predicted octanol–water partition coefficient (Wildman–Crippen LogP) is 5.33. The molecule has 160 valence electrons. The second kappa shape index (κ2) is 7.23. The van der Waals surface area contributed by atoms with Crippen molar-refractivity contribution < 1.29 is 19.1 Å². The molecule has 2 atom stereocenters. The van der Waals surface area contributed by atoms with Crippen LogP contribution in [0, 0.1) is 10.1 Å². The maximum absolute atomic E-state index is 11.3. The summed E-state index contributed by atoms with van der Waals surface area (Å²) >= 11 is 3.55. The summed E-state index contributed by atoms with van der Waals surface area (Å²) in [6, 6.07) is 18.1. The minimum Gasteiger partial charge on any atom is -0.464 e. The summed E-state index contributed by atoms with van der Waals surface area (Å²) in [5, 5.41) is 18.1. The van der Waals surface area contributed by atoms with Gasteiger partial charge in [0.25, 0.3) is 5.69 Å². The fourth-order valence-corrected chi connectivity index (χ4v) is 4.70. The highest BCUT2D eigenvalue weighted by molar-refractivity contribution is 9.10. The van der Waals surface area contributed by atoms with Gasteiger partial charge in [-0.25, -0.2) is 5.01 Å². The fourth-order valence-electron chi connectivity index (χ4n) is 4.32. The largest absolute Gasteiger partial charge is 0.464 e. The average Bonchev–Trinajstić information content (AvgIpc) is 3.45. The molecule has 0 amide bonds. The molecule has 3 aromatic rings. The van der Waals surface area contributed by atoms with Crippen LogP contribution in [0.5, 0.6) is 17.2 Å². The zero-order chi connectivity index (χ0) is 21.8. The summed E-state index contributed by atoms with van der Waals surface area (Å²) in [7, 11) is 0. The van der Waals surface area contributed by atoms with Crippen molar-refractivity contribution in [1.29, 1.82) is 0 Å². The zero-order valence-corrected chi connectivity index (χ0v) is 18.2. The molecule has 8 nitrogen and oxygen atoms in total. The first kappa shape index (κ1) is 19.1. The Morgan fingerprint density at radius 2 is 1.88 bits per heavy atom. The number of rotatable bonds is 3. The van der Waals surface area contributed by atoms with Gasteiger partial charge in [-0.15, -0.1) is 0 Å². The number of non-ortho nitro benzene ring substituents is 1. The lowest BCUT2D eigenvalue weighted by Crippen LogP contribution is -2.33. The molecule has 3 aliphatic heterocycles. The third-order valence-corrected chi connectivity index (χ3v) is 6.32. The van der Waals surface area contributed by atoms with Crippen molar-refractivity contribution in [2.45, 2.75) is 18.7 Å². The van der Waals surface area contributed by atoms with E-state index in [2.05, 4.69) is 15.9 Å². The lowest BCUT2D eigenvalue weighted by molar-refractivity contribution is -0.385. The Morgan fingerprint density at radius 3 is 2.75 bits per heavy atom. The normalized spacial score (nSPS) is 20.3. The summed E-state index contributed by atoms with van der Waals surface area (Å²) < 4.78 is 18.2. The van der Waals surface area contributed by atoms with E-state index >= 15 is 0 Å². The topological polar surface area (TPSA) is 86.4 Å². The van der Waals surface area contributed by atoms with Crippen molar-refractivity contribution in [2.24, 2.45) is 5.10 Å². The number of hydrogen-bond acceptors (Lipinski definition) is 7. The lowest BCUT2D eigenvalue weighted by Gasteiger charge is -2.38. The molecule has 0 saturated heterocycles. The van der Waals surface area contributed by atoms with E-state index in [0.717, 1.165) is 32.8 Å². The maximum atomic E-state index is 11.3. The van der Waals surface area contributed by atoms with E-state index in [4.69, 9.17) is 19.3 Å². The summed E-state index contributed by atoms with van der Waals surface area (Å²) in [6.45, 7) is 0.212. The Kier molecular flexibility index (Phi) is 4.32. The third-order valence-electron chi connectivity index (χ3n) is 5.82. The van der Waals surface area contributed by atoms with Crippen molar-refractivity contribution in [1.82, 2.24) is 5.01 Å². The Balaban J connectivity index is 1.44. The number of benzene rings is 3. The number of hydrogen-bond donors (Lipinski definition) is 0. The molecular formula is C23H16BrN3O5. The number of nitrogens with zero attached hydrogens (tertiary/aromatic N) is 3. The molecule has 6 rings (SSSR count). The van der Waals surface area contributed by atoms with Crippen LogP contribution < -0.4 is 14.2 Å². The van der Waals surface area contributed by atoms with Gasteiger partial charge in [0, 0.05) is 39.7 Å². The highest BCUT2D eigenvalue weighted by Gasteiger charge is 2.41. The molecule has 0 aromatic heterocycles. The standard InChI is InChI=1S/C23H16BrN3O5/c24-15-5-7-20-17(10-15)19-11-18(13-4-6-21-22(9-13)31-12-30-21)25-26(19)23(32-20)14-2-1-3-16(8-14)27(28)29/h1-10,19,23H,11-12H2/t19-,23-/m0/s1. The molecule has 32 heavy (non-hydrogen) atoms. The molecule has 3 heterocycles. The van der Waals surface area contributed by atoms with Gasteiger partial charge in [0.2, 0.25) is 13.0 Å². The summed E-state index contributed by atoms with van der Waals surface area (Å²) in [4.78, 5) is 10.9. The quantitative estimate of drug-likeness (QED) is 0.362. The van der Waals surface area contributed by atoms with Gasteiger partial charge in [-0.2, -0.15) is 5.10 Å². The van der Waals surface area contributed by atoms with Gasteiger partial charge in [0.05, 0.1) is 16.7 Å². The predicted molar refractivity (Wildman–Crippen MR) is 119 cm³/mol. The van der Waals surface area contributed by atoms with Crippen LogP contribution in [0.4, 0.5) is 5.69 Å². The van der Waals surface area contributed by atoms with E-state index in [1.807, 2.05) is 47.5 Å². The minimum absolute atomic E-state index is 0.0171. The molecule has 0 bridgehead atoms. The Hall–Kier alpha value is -3.59. The Labute approximate surface area is 191 Å². The van der Waals surface area contributed by atoms with Crippen LogP contribution in [-0.2, 0) is 0 Å². The van der Waals surface area contributed by atoms with Crippen LogP contribution in [0.15, 0.2) is 70.2 Å².